The maximum Gasteiger partial charge on any atom is 0.327 e. The summed E-state index contributed by atoms with van der Waals surface area (Å²) in [5.74, 6) is -1.19. The average Bonchev–Trinajstić information content (AvgIpc) is 2.19. The second-order valence-electron chi connectivity index (χ2n) is 2.67. The van der Waals surface area contributed by atoms with Crippen LogP contribution in [0.25, 0.3) is 0 Å². The molecule has 0 aliphatic heterocycles. The van der Waals surface area contributed by atoms with E-state index >= 15 is 0 Å². The van der Waals surface area contributed by atoms with E-state index in [-0.39, 0.29) is 5.56 Å². The van der Waals surface area contributed by atoms with Gasteiger partial charge < -0.3 is 10.5 Å². The molecule has 3 nitrogen and oxygen atoms in total. The standard InChI is InChI=1S/C9H9BrFNO2/c1-14-9(13)8(12)6-4-5(10)2-3-7(6)11/h2-4,8H,12H2,1H3/t8-/m0/s1. The lowest BCUT2D eigenvalue weighted by Crippen LogP contribution is -2.23. The first-order chi connectivity index (χ1) is 6.56. The Morgan fingerprint density at radius 1 is 1.64 bits per heavy atom. The van der Waals surface area contributed by atoms with Gasteiger partial charge in [0, 0.05) is 10.0 Å². The Hall–Kier alpha value is -0.940. The second-order valence-corrected chi connectivity index (χ2v) is 3.58. The largest absolute Gasteiger partial charge is 0.468 e. The molecular formula is C9H9BrFNO2. The van der Waals surface area contributed by atoms with Gasteiger partial charge in [0.05, 0.1) is 7.11 Å². The molecular weight excluding hydrogens is 253 g/mol. The quantitative estimate of drug-likeness (QED) is 0.826. The highest BCUT2D eigenvalue weighted by atomic mass is 79.9. The number of benzene rings is 1. The Morgan fingerprint density at radius 2 is 2.29 bits per heavy atom. The molecule has 1 aromatic rings. The van der Waals surface area contributed by atoms with Gasteiger partial charge in [-0.05, 0) is 18.2 Å². The van der Waals surface area contributed by atoms with Crippen LogP contribution in [0.4, 0.5) is 4.39 Å². The van der Waals surface area contributed by atoms with Gasteiger partial charge in [-0.2, -0.15) is 0 Å². The van der Waals surface area contributed by atoms with E-state index in [1.807, 2.05) is 0 Å². The fourth-order valence-electron chi connectivity index (χ4n) is 1.01. The third-order valence-corrected chi connectivity index (χ3v) is 2.24. The Balaban J connectivity index is 3.05. The maximum absolute atomic E-state index is 13.2. The summed E-state index contributed by atoms with van der Waals surface area (Å²) in [7, 11) is 1.21. The van der Waals surface area contributed by atoms with Crippen molar-refractivity contribution < 1.29 is 13.9 Å². The fraction of sp³-hybridized carbons (Fsp3) is 0.222. The third-order valence-electron chi connectivity index (χ3n) is 1.75. The molecule has 0 fully saturated rings. The number of hydrogen-bond donors (Lipinski definition) is 1. The minimum Gasteiger partial charge on any atom is -0.468 e. The molecule has 0 saturated carbocycles. The molecule has 0 radical (unpaired) electrons. The number of nitrogens with two attached hydrogens (primary N) is 1. The highest BCUT2D eigenvalue weighted by Gasteiger charge is 2.19. The SMILES string of the molecule is COC(=O)[C@@H](N)c1cc(Br)ccc1F. The molecule has 14 heavy (non-hydrogen) atoms. The lowest BCUT2D eigenvalue weighted by Gasteiger charge is -2.10. The fourth-order valence-corrected chi connectivity index (χ4v) is 1.39. The van der Waals surface area contributed by atoms with Crippen LogP contribution in [0.3, 0.4) is 0 Å². The van der Waals surface area contributed by atoms with Gasteiger partial charge in [-0.25, -0.2) is 4.39 Å². The van der Waals surface area contributed by atoms with Crippen LogP contribution in [0.1, 0.15) is 11.6 Å². The first-order valence-corrected chi connectivity index (χ1v) is 4.64. The molecule has 5 heteroatoms. The van der Waals surface area contributed by atoms with Crippen molar-refractivity contribution in [2.45, 2.75) is 6.04 Å². The molecule has 1 atom stereocenters. The summed E-state index contributed by atoms with van der Waals surface area (Å²) in [5, 5.41) is 0. The number of carbonyl (C=O) groups excluding carboxylic acids is 1. The molecule has 0 spiro atoms. The highest BCUT2D eigenvalue weighted by Crippen LogP contribution is 2.20. The highest BCUT2D eigenvalue weighted by molar-refractivity contribution is 9.10. The number of rotatable bonds is 2. The van der Waals surface area contributed by atoms with Crippen LogP contribution >= 0.6 is 15.9 Å². The number of halogens is 2. The summed E-state index contributed by atoms with van der Waals surface area (Å²) < 4.78 is 18.3. The van der Waals surface area contributed by atoms with E-state index in [1.165, 1.54) is 25.3 Å². The van der Waals surface area contributed by atoms with E-state index in [0.717, 1.165) is 0 Å². The monoisotopic (exact) mass is 261 g/mol. The van der Waals surface area contributed by atoms with Crippen LogP contribution in [0.15, 0.2) is 22.7 Å². The van der Waals surface area contributed by atoms with Gasteiger partial charge in [-0.3, -0.25) is 4.79 Å². The van der Waals surface area contributed by atoms with Crippen molar-refractivity contribution in [3.05, 3.63) is 34.1 Å². The first-order valence-electron chi connectivity index (χ1n) is 3.84. The molecule has 0 aromatic heterocycles. The minimum absolute atomic E-state index is 0.117. The van der Waals surface area contributed by atoms with Crippen molar-refractivity contribution in [3.63, 3.8) is 0 Å². The summed E-state index contributed by atoms with van der Waals surface area (Å²) in [4.78, 5) is 11.0. The molecule has 1 aromatic carbocycles. The molecule has 0 bridgehead atoms. The molecule has 76 valence electrons. The van der Waals surface area contributed by atoms with Gasteiger partial charge in [0.25, 0.3) is 0 Å². The van der Waals surface area contributed by atoms with Gasteiger partial charge in [0.2, 0.25) is 0 Å². The van der Waals surface area contributed by atoms with Crippen molar-refractivity contribution in [1.82, 2.24) is 0 Å². The number of ether oxygens (including phenoxy) is 1. The molecule has 2 N–H and O–H groups in total. The summed E-state index contributed by atoms with van der Waals surface area (Å²) in [6.07, 6.45) is 0. The zero-order valence-corrected chi connectivity index (χ0v) is 9.05. The summed E-state index contributed by atoms with van der Waals surface area (Å²) in [5.41, 5.74) is 5.60. The first kappa shape index (κ1) is 11.1. The zero-order valence-electron chi connectivity index (χ0n) is 7.46. The zero-order chi connectivity index (χ0) is 10.7. The van der Waals surface area contributed by atoms with E-state index in [0.29, 0.717) is 4.47 Å². The van der Waals surface area contributed by atoms with E-state index in [2.05, 4.69) is 20.7 Å². The van der Waals surface area contributed by atoms with Gasteiger partial charge in [0.15, 0.2) is 0 Å². The maximum atomic E-state index is 13.2. The van der Waals surface area contributed by atoms with Crippen LogP contribution < -0.4 is 5.73 Å². The van der Waals surface area contributed by atoms with Crippen molar-refractivity contribution in [2.24, 2.45) is 5.73 Å². The predicted molar refractivity (Wildman–Crippen MR) is 53.0 cm³/mol. The Labute approximate surface area is 89.2 Å². The Kier molecular flexibility index (Phi) is 3.60. The number of hydrogen-bond acceptors (Lipinski definition) is 3. The van der Waals surface area contributed by atoms with Crippen LogP contribution in [0.2, 0.25) is 0 Å². The average molecular weight is 262 g/mol. The number of methoxy groups -OCH3 is 1. The van der Waals surface area contributed by atoms with E-state index in [9.17, 15) is 9.18 Å². The van der Waals surface area contributed by atoms with E-state index in [1.54, 1.807) is 0 Å². The van der Waals surface area contributed by atoms with Crippen molar-refractivity contribution in [2.75, 3.05) is 7.11 Å². The minimum atomic E-state index is -1.09. The van der Waals surface area contributed by atoms with Crippen molar-refractivity contribution in [1.29, 1.82) is 0 Å². The van der Waals surface area contributed by atoms with Crippen LogP contribution in [-0.2, 0) is 9.53 Å². The predicted octanol–water partition coefficient (Wildman–Crippen LogP) is 1.76. The van der Waals surface area contributed by atoms with E-state index in [4.69, 9.17) is 5.73 Å². The molecule has 0 unspecified atom stereocenters. The third kappa shape index (κ3) is 2.30. The van der Waals surface area contributed by atoms with Crippen LogP contribution in [-0.4, -0.2) is 13.1 Å². The molecule has 0 saturated heterocycles. The Morgan fingerprint density at radius 3 is 2.86 bits per heavy atom. The van der Waals surface area contributed by atoms with Crippen LogP contribution in [0.5, 0.6) is 0 Å². The molecule has 0 aliphatic rings. The number of esters is 1. The summed E-state index contributed by atoms with van der Waals surface area (Å²) in [6, 6.07) is 3.14. The summed E-state index contributed by atoms with van der Waals surface area (Å²) in [6.45, 7) is 0. The Bertz CT molecular complexity index is 357. The normalized spacial score (nSPS) is 12.3. The molecule has 0 aliphatic carbocycles. The lowest BCUT2D eigenvalue weighted by molar-refractivity contribution is -0.142. The lowest BCUT2D eigenvalue weighted by atomic mass is 10.1. The topological polar surface area (TPSA) is 52.3 Å². The smallest absolute Gasteiger partial charge is 0.327 e. The van der Waals surface area contributed by atoms with Gasteiger partial charge in [-0.1, -0.05) is 15.9 Å². The van der Waals surface area contributed by atoms with Crippen molar-refractivity contribution >= 4 is 21.9 Å². The molecule has 0 amide bonds. The van der Waals surface area contributed by atoms with Gasteiger partial charge in [0.1, 0.15) is 11.9 Å². The van der Waals surface area contributed by atoms with Crippen LogP contribution in [0, 0.1) is 5.82 Å². The van der Waals surface area contributed by atoms with Crippen molar-refractivity contribution in [3.8, 4) is 0 Å². The second kappa shape index (κ2) is 4.52. The van der Waals surface area contributed by atoms with E-state index < -0.39 is 17.8 Å². The van der Waals surface area contributed by atoms with Gasteiger partial charge in [-0.15, -0.1) is 0 Å². The molecule has 0 heterocycles. The number of carbonyl (C=O) groups is 1. The molecule has 1 rings (SSSR count). The van der Waals surface area contributed by atoms with Gasteiger partial charge >= 0.3 is 5.97 Å². The summed E-state index contributed by atoms with van der Waals surface area (Å²) >= 11 is 3.16.